The Morgan fingerprint density at radius 1 is 1.44 bits per heavy atom. The minimum absolute atomic E-state index is 0.0819. The Hall–Kier alpha value is -1.09. The third kappa shape index (κ3) is 1.40. The molecule has 0 aliphatic rings. The van der Waals surface area contributed by atoms with Gasteiger partial charge < -0.3 is 10.2 Å². The largest absolute Gasteiger partial charge is 0.506 e. The zero-order valence-electron chi connectivity index (χ0n) is 4.78. The van der Waals surface area contributed by atoms with Crippen molar-refractivity contribution >= 4 is 0 Å². The molecular formula is C6H7NO2. The Balaban J connectivity index is 2.94. The second kappa shape index (κ2) is 2.46. The van der Waals surface area contributed by atoms with Crippen molar-refractivity contribution in [2.75, 3.05) is 0 Å². The fraction of sp³-hybridized carbons (Fsp3) is 0.167. The molecule has 1 aromatic heterocycles. The van der Waals surface area contributed by atoms with E-state index in [4.69, 9.17) is 10.2 Å². The molecule has 0 aliphatic heterocycles. The standard InChI is InChI=1S/C6H7NO2/c8-4-5-1-6(9)3-7-2-5/h1-3,8-9H,4H2. The third-order valence-corrected chi connectivity index (χ3v) is 0.963. The minimum atomic E-state index is -0.0819. The summed E-state index contributed by atoms with van der Waals surface area (Å²) in [6.45, 7) is -0.0819. The second-order valence-electron chi connectivity index (χ2n) is 1.71. The highest BCUT2D eigenvalue weighted by atomic mass is 16.3. The third-order valence-electron chi connectivity index (χ3n) is 0.963. The lowest BCUT2D eigenvalue weighted by Crippen LogP contribution is -1.82. The molecule has 2 N–H and O–H groups in total. The van der Waals surface area contributed by atoms with Gasteiger partial charge in [-0.1, -0.05) is 0 Å². The van der Waals surface area contributed by atoms with E-state index in [9.17, 15) is 0 Å². The molecule has 0 radical (unpaired) electrons. The van der Waals surface area contributed by atoms with Crippen LogP contribution in [0, 0.1) is 0 Å². The van der Waals surface area contributed by atoms with E-state index in [2.05, 4.69) is 4.98 Å². The van der Waals surface area contributed by atoms with Crippen LogP contribution in [0.5, 0.6) is 5.75 Å². The Kier molecular flexibility index (Phi) is 1.65. The molecule has 1 rings (SSSR count). The zero-order chi connectivity index (χ0) is 6.69. The van der Waals surface area contributed by atoms with Crippen molar-refractivity contribution in [1.82, 2.24) is 4.98 Å². The Labute approximate surface area is 52.6 Å². The van der Waals surface area contributed by atoms with Gasteiger partial charge in [0.15, 0.2) is 0 Å². The summed E-state index contributed by atoms with van der Waals surface area (Å²) in [5.41, 5.74) is 0.620. The Morgan fingerprint density at radius 2 is 2.22 bits per heavy atom. The summed E-state index contributed by atoms with van der Waals surface area (Å²) in [4.78, 5) is 3.65. The zero-order valence-corrected chi connectivity index (χ0v) is 4.78. The van der Waals surface area contributed by atoms with Crippen molar-refractivity contribution in [2.45, 2.75) is 6.61 Å². The van der Waals surface area contributed by atoms with E-state index in [1.165, 1.54) is 18.5 Å². The van der Waals surface area contributed by atoms with Gasteiger partial charge in [-0.15, -0.1) is 0 Å². The van der Waals surface area contributed by atoms with Gasteiger partial charge >= 0.3 is 0 Å². The number of hydrogen-bond acceptors (Lipinski definition) is 3. The van der Waals surface area contributed by atoms with E-state index in [1.807, 2.05) is 0 Å². The molecule has 1 aromatic rings. The maximum atomic E-state index is 8.77. The molecule has 0 saturated heterocycles. The lowest BCUT2D eigenvalue weighted by atomic mass is 10.3. The normalized spacial score (nSPS) is 9.44. The van der Waals surface area contributed by atoms with Crippen molar-refractivity contribution in [2.24, 2.45) is 0 Å². The summed E-state index contributed by atoms with van der Waals surface area (Å²) in [6, 6.07) is 1.47. The van der Waals surface area contributed by atoms with Gasteiger partial charge in [-0.3, -0.25) is 4.98 Å². The molecule has 1 heterocycles. The van der Waals surface area contributed by atoms with Gasteiger partial charge in [0.25, 0.3) is 0 Å². The first-order valence-corrected chi connectivity index (χ1v) is 2.56. The molecule has 3 heteroatoms. The smallest absolute Gasteiger partial charge is 0.134 e. The fourth-order valence-corrected chi connectivity index (χ4v) is 0.560. The van der Waals surface area contributed by atoms with Gasteiger partial charge in [0.05, 0.1) is 12.8 Å². The molecule has 0 bridgehead atoms. The maximum Gasteiger partial charge on any atom is 0.134 e. The lowest BCUT2D eigenvalue weighted by Gasteiger charge is -1.93. The lowest BCUT2D eigenvalue weighted by molar-refractivity contribution is 0.280. The van der Waals surface area contributed by atoms with Crippen LogP contribution in [0.2, 0.25) is 0 Å². The van der Waals surface area contributed by atoms with Crippen LogP contribution in [-0.2, 0) is 6.61 Å². The van der Waals surface area contributed by atoms with Gasteiger partial charge in [0.2, 0.25) is 0 Å². The predicted molar refractivity (Wildman–Crippen MR) is 31.8 cm³/mol. The van der Waals surface area contributed by atoms with Crippen LogP contribution in [-0.4, -0.2) is 15.2 Å². The average molecular weight is 125 g/mol. The van der Waals surface area contributed by atoms with Gasteiger partial charge in [0, 0.05) is 6.20 Å². The average Bonchev–Trinajstić information content (AvgIpc) is 1.88. The first-order chi connectivity index (χ1) is 4.33. The van der Waals surface area contributed by atoms with Crippen molar-refractivity contribution in [3.05, 3.63) is 24.0 Å². The molecule has 48 valence electrons. The summed E-state index contributed by atoms with van der Waals surface area (Å²) < 4.78 is 0. The molecule has 9 heavy (non-hydrogen) atoms. The van der Waals surface area contributed by atoms with Crippen LogP contribution in [0.4, 0.5) is 0 Å². The number of nitrogens with zero attached hydrogens (tertiary/aromatic N) is 1. The predicted octanol–water partition coefficient (Wildman–Crippen LogP) is 0.279. The van der Waals surface area contributed by atoms with Gasteiger partial charge in [0.1, 0.15) is 5.75 Å². The summed E-state index contributed by atoms with van der Waals surface area (Å²) in [6.07, 6.45) is 2.82. The SMILES string of the molecule is OCc1cncc(O)c1. The number of aliphatic hydroxyl groups excluding tert-OH is 1. The van der Waals surface area contributed by atoms with Crippen LogP contribution in [0.3, 0.4) is 0 Å². The molecule has 0 fully saturated rings. The highest BCUT2D eigenvalue weighted by Gasteiger charge is 1.90. The van der Waals surface area contributed by atoms with Gasteiger partial charge in [-0.05, 0) is 11.6 Å². The molecule has 0 spiro atoms. The second-order valence-corrected chi connectivity index (χ2v) is 1.71. The van der Waals surface area contributed by atoms with E-state index in [0.29, 0.717) is 5.56 Å². The van der Waals surface area contributed by atoms with E-state index in [1.54, 1.807) is 0 Å². The molecule has 0 amide bonds. The van der Waals surface area contributed by atoms with Crippen LogP contribution in [0.1, 0.15) is 5.56 Å². The van der Waals surface area contributed by atoms with Gasteiger partial charge in [-0.2, -0.15) is 0 Å². The van der Waals surface area contributed by atoms with Crippen molar-refractivity contribution in [3.8, 4) is 5.75 Å². The van der Waals surface area contributed by atoms with Crippen LogP contribution >= 0.6 is 0 Å². The number of aromatic hydroxyl groups is 1. The van der Waals surface area contributed by atoms with Crippen LogP contribution in [0.25, 0.3) is 0 Å². The number of pyridine rings is 1. The molecule has 0 aromatic carbocycles. The van der Waals surface area contributed by atoms with E-state index in [-0.39, 0.29) is 12.4 Å². The first-order valence-electron chi connectivity index (χ1n) is 2.56. The van der Waals surface area contributed by atoms with Crippen molar-refractivity contribution in [3.63, 3.8) is 0 Å². The van der Waals surface area contributed by atoms with Crippen molar-refractivity contribution in [1.29, 1.82) is 0 Å². The molecule has 0 aliphatic carbocycles. The van der Waals surface area contributed by atoms with E-state index in [0.717, 1.165) is 0 Å². The Morgan fingerprint density at radius 3 is 2.67 bits per heavy atom. The molecule has 0 unspecified atom stereocenters. The first kappa shape index (κ1) is 6.04. The fourth-order valence-electron chi connectivity index (χ4n) is 0.560. The minimum Gasteiger partial charge on any atom is -0.506 e. The summed E-state index contributed by atoms with van der Waals surface area (Å²) in [5, 5.41) is 17.3. The molecule has 0 atom stereocenters. The van der Waals surface area contributed by atoms with Crippen LogP contribution < -0.4 is 0 Å². The number of aliphatic hydroxyl groups is 1. The van der Waals surface area contributed by atoms with Gasteiger partial charge in [-0.25, -0.2) is 0 Å². The monoisotopic (exact) mass is 125 g/mol. The number of aromatic nitrogens is 1. The Bertz CT molecular complexity index is 200. The van der Waals surface area contributed by atoms with E-state index >= 15 is 0 Å². The van der Waals surface area contributed by atoms with Crippen molar-refractivity contribution < 1.29 is 10.2 Å². The molecular weight excluding hydrogens is 118 g/mol. The number of hydrogen-bond donors (Lipinski definition) is 2. The van der Waals surface area contributed by atoms with E-state index < -0.39 is 0 Å². The maximum absolute atomic E-state index is 8.77. The summed E-state index contributed by atoms with van der Waals surface area (Å²) >= 11 is 0. The molecule has 0 saturated carbocycles. The summed E-state index contributed by atoms with van der Waals surface area (Å²) in [5.74, 6) is 0.0848. The molecule has 3 nitrogen and oxygen atoms in total. The highest BCUT2D eigenvalue weighted by molar-refractivity contribution is 5.20. The van der Waals surface area contributed by atoms with Crippen LogP contribution in [0.15, 0.2) is 18.5 Å². The highest BCUT2D eigenvalue weighted by Crippen LogP contribution is 2.07. The topological polar surface area (TPSA) is 53.4 Å². The summed E-state index contributed by atoms with van der Waals surface area (Å²) in [7, 11) is 0. The quantitative estimate of drug-likeness (QED) is 0.566. The number of rotatable bonds is 1.